The summed E-state index contributed by atoms with van der Waals surface area (Å²) in [6.45, 7) is 6.44. The van der Waals surface area contributed by atoms with Crippen molar-refractivity contribution < 1.29 is 33.2 Å². The number of rotatable bonds is 7. The molecule has 0 saturated carbocycles. The number of Topliss-reactive ketones (excluding diaryl/α,β-unsaturated/α-hetero) is 1. The van der Waals surface area contributed by atoms with Crippen molar-refractivity contribution in [1.82, 2.24) is 9.80 Å². The van der Waals surface area contributed by atoms with E-state index in [-0.39, 0.29) is 11.5 Å². The second-order valence-electron chi connectivity index (χ2n) is 8.56. The van der Waals surface area contributed by atoms with E-state index in [1.807, 2.05) is 6.07 Å². The number of benzene rings is 2. The van der Waals surface area contributed by atoms with Gasteiger partial charge in [0.1, 0.15) is 18.2 Å². The molecule has 9 heteroatoms. The van der Waals surface area contributed by atoms with E-state index in [1.165, 1.54) is 0 Å². The van der Waals surface area contributed by atoms with Gasteiger partial charge in [0.05, 0.1) is 45.7 Å². The predicted molar refractivity (Wildman–Crippen MR) is 129 cm³/mol. The molecule has 3 heterocycles. The summed E-state index contributed by atoms with van der Waals surface area (Å²) in [7, 11) is 4.65. The molecule has 2 aromatic carbocycles. The highest BCUT2D eigenvalue weighted by atomic mass is 16.5. The molecule has 0 radical (unpaired) electrons. The van der Waals surface area contributed by atoms with Crippen molar-refractivity contribution in [3.05, 3.63) is 46.7 Å². The van der Waals surface area contributed by atoms with Crippen LogP contribution >= 0.6 is 0 Å². The Hall–Kier alpha value is -3.27. The molecule has 0 N–H and O–H groups in total. The van der Waals surface area contributed by atoms with E-state index < -0.39 is 0 Å². The first-order valence-corrected chi connectivity index (χ1v) is 11.7. The Morgan fingerprint density at radius 2 is 1.71 bits per heavy atom. The number of allylic oxidation sites excluding steroid dienone is 1. The topological polar surface area (TPSA) is 78.9 Å². The summed E-state index contributed by atoms with van der Waals surface area (Å²) in [5.74, 6) is 2.82. The molecule has 0 atom stereocenters. The third-order valence-electron chi connectivity index (χ3n) is 6.54. The quantitative estimate of drug-likeness (QED) is 0.554. The molecule has 2 aromatic rings. The molecule has 0 unspecified atom stereocenters. The van der Waals surface area contributed by atoms with Gasteiger partial charge in [0.2, 0.25) is 11.5 Å². The number of ketones is 1. The van der Waals surface area contributed by atoms with Gasteiger partial charge in [-0.3, -0.25) is 14.6 Å². The van der Waals surface area contributed by atoms with Crippen molar-refractivity contribution in [2.75, 3.05) is 67.5 Å². The summed E-state index contributed by atoms with van der Waals surface area (Å²) in [5.41, 5.74) is 2.08. The fraction of sp³-hybridized carbons (Fsp3) is 0.423. The first kappa shape index (κ1) is 23.5. The van der Waals surface area contributed by atoms with Crippen LogP contribution in [0.4, 0.5) is 0 Å². The maximum absolute atomic E-state index is 13.2. The van der Waals surface area contributed by atoms with E-state index in [0.717, 1.165) is 50.7 Å². The molecule has 0 aromatic heterocycles. The van der Waals surface area contributed by atoms with Crippen LogP contribution in [0.15, 0.2) is 30.0 Å². The van der Waals surface area contributed by atoms with Gasteiger partial charge in [0.15, 0.2) is 17.3 Å². The molecular formula is C26H30N2O7. The Labute approximate surface area is 204 Å². The number of hydrogen-bond donors (Lipinski definition) is 0. The summed E-state index contributed by atoms with van der Waals surface area (Å²) < 4.78 is 34.0. The molecule has 3 aliphatic rings. The summed E-state index contributed by atoms with van der Waals surface area (Å²) in [5, 5.41) is 0. The summed E-state index contributed by atoms with van der Waals surface area (Å²) in [6.07, 6.45) is 1.68. The summed E-state index contributed by atoms with van der Waals surface area (Å²) >= 11 is 0. The number of carbonyl (C=O) groups is 1. The molecule has 186 valence electrons. The lowest BCUT2D eigenvalue weighted by molar-refractivity contribution is 0.0239. The zero-order valence-electron chi connectivity index (χ0n) is 20.3. The molecule has 0 amide bonds. The third-order valence-corrected chi connectivity index (χ3v) is 6.54. The standard InChI is InChI=1S/C26H30N2O7/c1-30-21-6-4-17(24(31-2)26(21)32-3)14-22-23(29)18-5-7-20-19(25(18)35-22)15-28(16-34-20)9-8-27-10-12-33-13-11-27/h4-7,14H,8-13,15-16H2,1-3H3. The highest BCUT2D eigenvalue weighted by Crippen LogP contribution is 2.44. The minimum atomic E-state index is -0.176. The Balaban J connectivity index is 1.38. The molecular weight excluding hydrogens is 452 g/mol. The Bertz CT molecular complexity index is 1140. The van der Waals surface area contributed by atoms with Crippen LogP contribution in [-0.4, -0.2) is 83.0 Å². The molecule has 3 aliphatic heterocycles. The number of nitrogens with zero attached hydrogens (tertiary/aromatic N) is 2. The van der Waals surface area contributed by atoms with E-state index in [2.05, 4.69) is 9.80 Å². The zero-order valence-corrected chi connectivity index (χ0v) is 20.3. The van der Waals surface area contributed by atoms with Gasteiger partial charge in [0.25, 0.3) is 0 Å². The summed E-state index contributed by atoms with van der Waals surface area (Å²) in [4.78, 5) is 17.8. The number of hydrogen-bond acceptors (Lipinski definition) is 9. The van der Waals surface area contributed by atoms with Crippen LogP contribution in [0, 0.1) is 0 Å². The van der Waals surface area contributed by atoms with Gasteiger partial charge in [-0.15, -0.1) is 0 Å². The second-order valence-corrected chi connectivity index (χ2v) is 8.56. The first-order valence-electron chi connectivity index (χ1n) is 11.7. The SMILES string of the molecule is COc1ccc(C=C2Oc3c(ccc4c3CN(CCN3CCOCC3)CO4)C2=O)c(OC)c1OC. The fourth-order valence-electron chi connectivity index (χ4n) is 4.63. The molecule has 0 bridgehead atoms. The largest absolute Gasteiger partial charge is 0.493 e. The van der Waals surface area contributed by atoms with Gasteiger partial charge in [-0.2, -0.15) is 0 Å². The van der Waals surface area contributed by atoms with Crippen molar-refractivity contribution in [2.45, 2.75) is 6.54 Å². The van der Waals surface area contributed by atoms with E-state index in [4.69, 9.17) is 28.4 Å². The Morgan fingerprint density at radius 3 is 2.46 bits per heavy atom. The van der Waals surface area contributed by atoms with Gasteiger partial charge in [-0.1, -0.05) is 0 Å². The fourth-order valence-corrected chi connectivity index (χ4v) is 4.63. The normalized spacial score (nSPS) is 19.1. The van der Waals surface area contributed by atoms with Gasteiger partial charge in [-0.25, -0.2) is 0 Å². The maximum Gasteiger partial charge on any atom is 0.231 e. The monoisotopic (exact) mass is 482 g/mol. The zero-order chi connectivity index (χ0) is 24.4. The molecule has 35 heavy (non-hydrogen) atoms. The lowest BCUT2D eigenvalue weighted by Crippen LogP contribution is -2.43. The van der Waals surface area contributed by atoms with E-state index in [1.54, 1.807) is 45.6 Å². The van der Waals surface area contributed by atoms with Crippen molar-refractivity contribution in [2.24, 2.45) is 0 Å². The number of fused-ring (bicyclic) bond motifs is 3. The van der Waals surface area contributed by atoms with Crippen LogP contribution < -0.4 is 23.7 Å². The van der Waals surface area contributed by atoms with Crippen LogP contribution in [0.25, 0.3) is 6.08 Å². The Morgan fingerprint density at radius 1 is 0.943 bits per heavy atom. The van der Waals surface area contributed by atoms with Crippen LogP contribution in [0.3, 0.4) is 0 Å². The van der Waals surface area contributed by atoms with Gasteiger partial charge >= 0.3 is 0 Å². The lowest BCUT2D eigenvalue weighted by Gasteiger charge is -2.33. The minimum absolute atomic E-state index is 0.176. The highest BCUT2D eigenvalue weighted by Gasteiger charge is 2.34. The predicted octanol–water partition coefficient (Wildman–Crippen LogP) is 2.81. The molecule has 1 fully saturated rings. The van der Waals surface area contributed by atoms with E-state index in [9.17, 15) is 4.79 Å². The second kappa shape index (κ2) is 10.2. The first-order chi connectivity index (χ1) is 17.1. The van der Waals surface area contributed by atoms with Crippen LogP contribution in [-0.2, 0) is 11.3 Å². The smallest absolute Gasteiger partial charge is 0.231 e. The van der Waals surface area contributed by atoms with Crippen molar-refractivity contribution in [3.8, 4) is 28.7 Å². The molecule has 5 rings (SSSR count). The number of carbonyl (C=O) groups excluding carboxylic acids is 1. The molecule has 0 spiro atoms. The molecule has 9 nitrogen and oxygen atoms in total. The number of morpholine rings is 1. The van der Waals surface area contributed by atoms with Gasteiger partial charge in [0, 0.05) is 38.3 Å². The van der Waals surface area contributed by atoms with Crippen molar-refractivity contribution >= 4 is 11.9 Å². The third kappa shape index (κ3) is 4.54. The summed E-state index contributed by atoms with van der Waals surface area (Å²) in [6, 6.07) is 7.20. The average molecular weight is 483 g/mol. The van der Waals surface area contributed by atoms with E-state index in [0.29, 0.717) is 47.4 Å². The van der Waals surface area contributed by atoms with Crippen LogP contribution in [0.5, 0.6) is 28.7 Å². The number of methoxy groups -OCH3 is 3. The Kier molecular flexibility index (Phi) is 6.81. The van der Waals surface area contributed by atoms with Crippen LogP contribution in [0.1, 0.15) is 21.5 Å². The maximum atomic E-state index is 13.2. The van der Waals surface area contributed by atoms with E-state index >= 15 is 0 Å². The molecule has 0 aliphatic carbocycles. The van der Waals surface area contributed by atoms with Gasteiger partial charge in [-0.05, 0) is 30.3 Å². The number of ether oxygens (including phenoxy) is 6. The average Bonchev–Trinajstić information content (AvgIpc) is 3.22. The highest BCUT2D eigenvalue weighted by molar-refractivity contribution is 6.15. The van der Waals surface area contributed by atoms with Crippen LogP contribution in [0.2, 0.25) is 0 Å². The van der Waals surface area contributed by atoms with Crippen molar-refractivity contribution in [1.29, 1.82) is 0 Å². The lowest BCUT2D eigenvalue weighted by atomic mass is 10.0. The minimum Gasteiger partial charge on any atom is -0.493 e. The molecule has 1 saturated heterocycles. The van der Waals surface area contributed by atoms with Crippen molar-refractivity contribution in [3.63, 3.8) is 0 Å². The van der Waals surface area contributed by atoms with Gasteiger partial charge < -0.3 is 28.4 Å².